The van der Waals surface area contributed by atoms with Crippen LogP contribution in [0.2, 0.25) is 0 Å². The summed E-state index contributed by atoms with van der Waals surface area (Å²) in [5, 5.41) is 0. The van der Waals surface area contributed by atoms with Crippen LogP contribution in [0.25, 0.3) is 0 Å². The molecule has 0 aliphatic carbocycles. The average molecular weight is 390 g/mol. The number of hydrogen-bond acceptors (Lipinski definition) is 2. The predicted octanol–water partition coefficient (Wildman–Crippen LogP) is 6.24. The van der Waals surface area contributed by atoms with Gasteiger partial charge in [-0.25, -0.2) is 4.79 Å². The van der Waals surface area contributed by atoms with E-state index in [2.05, 4.69) is 44.2 Å². The van der Waals surface area contributed by atoms with Crippen LogP contribution in [0.4, 0.5) is 4.79 Å². The van der Waals surface area contributed by atoms with Crippen molar-refractivity contribution >= 4 is 6.09 Å². The number of benzene rings is 2. The molecule has 2 aromatic carbocycles. The molecule has 2 aromatic rings. The SMILES string of the molecule is CC(C)c1ccc(CC2=CC3CCCC(C2)N3C(=O)OCc2ccccc2)cc1. The van der Waals surface area contributed by atoms with Gasteiger partial charge in [-0.3, -0.25) is 4.90 Å². The van der Waals surface area contributed by atoms with Crippen molar-refractivity contribution in [2.75, 3.05) is 0 Å². The molecular weight excluding hydrogens is 358 g/mol. The first-order valence-electron chi connectivity index (χ1n) is 10.9. The molecule has 0 N–H and O–H groups in total. The Bertz CT molecular complexity index is 854. The van der Waals surface area contributed by atoms with E-state index in [0.717, 1.165) is 31.2 Å². The molecule has 3 heteroatoms. The van der Waals surface area contributed by atoms with Gasteiger partial charge in [-0.05, 0) is 54.7 Å². The van der Waals surface area contributed by atoms with Gasteiger partial charge >= 0.3 is 6.09 Å². The number of hydrogen-bond donors (Lipinski definition) is 0. The largest absolute Gasteiger partial charge is 0.445 e. The minimum atomic E-state index is -0.167. The zero-order valence-electron chi connectivity index (χ0n) is 17.5. The topological polar surface area (TPSA) is 29.5 Å². The van der Waals surface area contributed by atoms with E-state index in [4.69, 9.17) is 4.74 Å². The third-order valence-corrected chi connectivity index (χ3v) is 6.21. The maximum absolute atomic E-state index is 12.8. The van der Waals surface area contributed by atoms with E-state index in [1.54, 1.807) is 0 Å². The van der Waals surface area contributed by atoms with Crippen molar-refractivity contribution in [3.8, 4) is 0 Å². The minimum Gasteiger partial charge on any atom is -0.445 e. The van der Waals surface area contributed by atoms with Crippen molar-refractivity contribution in [2.24, 2.45) is 0 Å². The molecule has 3 nitrogen and oxygen atoms in total. The van der Waals surface area contributed by atoms with Crippen LogP contribution in [0.5, 0.6) is 0 Å². The lowest BCUT2D eigenvalue weighted by molar-refractivity contribution is 0.0481. The fourth-order valence-corrected chi connectivity index (χ4v) is 4.61. The zero-order valence-corrected chi connectivity index (χ0v) is 17.5. The van der Waals surface area contributed by atoms with Crippen molar-refractivity contribution in [2.45, 2.75) is 70.6 Å². The van der Waals surface area contributed by atoms with E-state index in [1.165, 1.54) is 23.1 Å². The number of rotatable bonds is 5. The van der Waals surface area contributed by atoms with Crippen LogP contribution in [0.15, 0.2) is 66.2 Å². The molecule has 2 aliphatic heterocycles. The maximum Gasteiger partial charge on any atom is 0.410 e. The Balaban J connectivity index is 1.42. The summed E-state index contributed by atoms with van der Waals surface area (Å²) in [5.74, 6) is 0.563. The summed E-state index contributed by atoms with van der Waals surface area (Å²) in [6.45, 7) is 4.80. The highest BCUT2D eigenvalue weighted by Crippen LogP contribution is 2.35. The van der Waals surface area contributed by atoms with Crippen molar-refractivity contribution in [1.82, 2.24) is 4.90 Å². The molecule has 2 atom stereocenters. The molecule has 1 fully saturated rings. The summed E-state index contributed by atoms with van der Waals surface area (Å²) < 4.78 is 5.65. The number of nitrogens with zero attached hydrogens (tertiary/aromatic N) is 1. The molecule has 0 spiro atoms. The third-order valence-electron chi connectivity index (χ3n) is 6.21. The van der Waals surface area contributed by atoms with Crippen LogP contribution in [-0.2, 0) is 17.8 Å². The van der Waals surface area contributed by atoms with Gasteiger partial charge in [0.05, 0.1) is 6.04 Å². The lowest BCUT2D eigenvalue weighted by Crippen LogP contribution is -2.52. The van der Waals surface area contributed by atoms with Gasteiger partial charge in [-0.2, -0.15) is 0 Å². The Morgan fingerprint density at radius 3 is 2.48 bits per heavy atom. The molecule has 2 bridgehead atoms. The van der Waals surface area contributed by atoms with E-state index in [0.29, 0.717) is 12.5 Å². The number of carbonyl (C=O) groups excluding carboxylic acids is 1. The van der Waals surface area contributed by atoms with Gasteiger partial charge in [0.1, 0.15) is 6.61 Å². The molecule has 0 saturated carbocycles. The first-order valence-corrected chi connectivity index (χ1v) is 10.9. The van der Waals surface area contributed by atoms with Gasteiger partial charge in [0.25, 0.3) is 0 Å². The summed E-state index contributed by atoms with van der Waals surface area (Å²) >= 11 is 0. The van der Waals surface area contributed by atoms with Gasteiger partial charge < -0.3 is 4.74 Å². The van der Waals surface area contributed by atoms with Crippen molar-refractivity contribution in [1.29, 1.82) is 0 Å². The van der Waals surface area contributed by atoms with Crippen LogP contribution in [-0.4, -0.2) is 23.1 Å². The molecule has 4 rings (SSSR count). The second-order valence-electron chi connectivity index (χ2n) is 8.70. The molecule has 152 valence electrons. The molecule has 2 unspecified atom stereocenters. The molecule has 2 heterocycles. The highest BCUT2D eigenvalue weighted by molar-refractivity contribution is 5.69. The smallest absolute Gasteiger partial charge is 0.410 e. The van der Waals surface area contributed by atoms with Gasteiger partial charge in [-0.1, -0.05) is 80.1 Å². The van der Waals surface area contributed by atoms with Gasteiger partial charge in [-0.15, -0.1) is 0 Å². The van der Waals surface area contributed by atoms with E-state index in [1.807, 2.05) is 35.2 Å². The molecule has 2 aliphatic rings. The molecule has 0 aromatic heterocycles. The Morgan fingerprint density at radius 1 is 1.03 bits per heavy atom. The average Bonchev–Trinajstić information content (AvgIpc) is 2.72. The van der Waals surface area contributed by atoms with E-state index in [-0.39, 0.29) is 18.2 Å². The van der Waals surface area contributed by atoms with E-state index in [9.17, 15) is 4.79 Å². The summed E-state index contributed by atoms with van der Waals surface area (Å²) in [7, 11) is 0. The summed E-state index contributed by atoms with van der Waals surface area (Å²) in [5.41, 5.74) is 5.24. The summed E-state index contributed by atoms with van der Waals surface area (Å²) in [4.78, 5) is 14.8. The van der Waals surface area contributed by atoms with Gasteiger partial charge in [0.15, 0.2) is 0 Å². The maximum atomic E-state index is 12.8. The standard InChI is InChI=1S/C26H31NO2/c1-19(2)23-13-11-20(12-14-23)15-22-16-24-9-6-10-25(17-22)27(24)26(28)29-18-21-7-4-3-5-8-21/h3-5,7-8,11-14,16,19,24-25H,6,9-10,15,17-18H2,1-2H3. The predicted molar refractivity (Wildman–Crippen MR) is 117 cm³/mol. The highest BCUT2D eigenvalue weighted by Gasteiger charge is 2.37. The monoisotopic (exact) mass is 389 g/mol. The lowest BCUT2D eigenvalue weighted by Gasteiger charge is -2.44. The quantitative estimate of drug-likeness (QED) is 0.566. The normalized spacial score (nSPS) is 21.1. The van der Waals surface area contributed by atoms with Gasteiger partial charge in [0, 0.05) is 6.04 Å². The third kappa shape index (κ3) is 4.72. The zero-order chi connectivity index (χ0) is 20.2. The Kier molecular flexibility index (Phi) is 6.03. The van der Waals surface area contributed by atoms with Gasteiger partial charge in [0.2, 0.25) is 0 Å². The molecule has 1 saturated heterocycles. The number of piperidine rings is 1. The van der Waals surface area contributed by atoms with Crippen LogP contribution in [0, 0.1) is 0 Å². The van der Waals surface area contributed by atoms with Crippen molar-refractivity contribution in [3.63, 3.8) is 0 Å². The second-order valence-corrected chi connectivity index (χ2v) is 8.70. The second kappa shape index (κ2) is 8.86. The number of amides is 1. The lowest BCUT2D eigenvalue weighted by atomic mass is 9.83. The Labute approximate surface area is 174 Å². The van der Waals surface area contributed by atoms with Crippen LogP contribution >= 0.6 is 0 Å². The molecular formula is C26H31NO2. The highest BCUT2D eigenvalue weighted by atomic mass is 16.6. The Morgan fingerprint density at radius 2 is 1.79 bits per heavy atom. The molecule has 1 amide bonds. The van der Waals surface area contributed by atoms with Crippen molar-refractivity contribution in [3.05, 3.63) is 82.9 Å². The van der Waals surface area contributed by atoms with Crippen LogP contribution < -0.4 is 0 Å². The van der Waals surface area contributed by atoms with Crippen LogP contribution in [0.3, 0.4) is 0 Å². The fourth-order valence-electron chi connectivity index (χ4n) is 4.61. The molecule has 0 radical (unpaired) electrons. The number of carbonyl (C=O) groups is 1. The number of fused-ring (bicyclic) bond motifs is 2. The first-order chi connectivity index (χ1) is 14.1. The molecule has 29 heavy (non-hydrogen) atoms. The van der Waals surface area contributed by atoms with E-state index >= 15 is 0 Å². The Hall–Kier alpha value is -2.55. The van der Waals surface area contributed by atoms with Crippen LogP contribution in [0.1, 0.15) is 62.1 Å². The summed E-state index contributed by atoms with van der Waals surface area (Å²) in [6, 6.07) is 19.4. The summed E-state index contributed by atoms with van der Waals surface area (Å²) in [6.07, 6.45) is 7.40. The minimum absolute atomic E-state index is 0.167. The van der Waals surface area contributed by atoms with E-state index < -0.39 is 0 Å². The first kappa shape index (κ1) is 19.8. The fraction of sp³-hybridized carbons (Fsp3) is 0.423. The van der Waals surface area contributed by atoms with Crippen molar-refractivity contribution < 1.29 is 9.53 Å². The number of ether oxygens (including phenoxy) is 1.